The van der Waals surface area contributed by atoms with E-state index in [-0.39, 0.29) is 23.6 Å². The van der Waals surface area contributed by atoms with Crippen LogP contribution in [0.4, 0.5) is 0 Å². The van der Waals surface area contributed by atoms with Gasteiger partial charge >= 0.3 is 0 Å². The molecule has 1 aromatic carbocycles. The minimum atomic E-state index is -1.20. The number of rotatable bonds is 16. The second kappa shape index (κ2) is 15.7. The lowest BCUT2D eigenvalue weighted by atomic mass is 10.1. The third-order valence-electron chi connectivity index (χ3n) is 4.66. The van der Waals surface area contributed by atoms with Gasteiger partial charge in [0.2, 0.25) is 5.91 Å². The summed E-state index contributed by atoms with van der Waals surface area (Å²) in [5, 5.41) is 11.6. The third-order valence-corrected chi connectivity index (χ3v) is 6.77. The van der Waals surface area contributed by atoms with E-state index >= 15 is 0 Å². The number of primary amides is 1. The van der Waals surface area contributed by atoms with E-state index in [0.29, 0.717) is 31.7 Å². The molecule has 0 spiro atoms. The Labute approximate surface area is 193 Å². The fourth-order valence-electron chi connectivity index (χ4n) is 3.23. The van der Waals surface area contributed by atoms with Crippen molar-refractivity contribution in [2.45, 2.75) is 71.9 Å². The summed E-state index contributed by atoms with van der Waals surface area (Å²) in [5.74, 6) is -0.897. The summed E-state index contributed by atoms with van der Waals surface area (Å²) in [4.78, 5) is 23.7. The summed E-state index contributed by atoms with van der Waals surface area (Å²) in [7, 11) is -1.20. The fraction of sp³-hybridized carbons (Fsp3) is 0.609. The molecule has 1 rings (SSSR count). The van der Waals surface area contributed by atoms with Gasteiger partial charge < -0.3 is 20.1 Å². The quantitative estimate of drug-likeness (QED) is 0.277. The average Bonchev–Trinajstić information content (AvgIpc) is 2.74. The highest BCUT2D eigenvalue weighted by atomic mass is 31.2. The molecule has 0 heterocycles. The topological polar surface area (TPSA) is 118 Å². The number of unbranched alkanes of at least 4 members (excludes halogenated alkanes) is 3. The van der Waals surface area contributed by atoms with Crippen LogP contribution in [0.15, 0.2) is 24.3 Å². The van der Waals surface area contributed by atoms with E-state index in [2.05, 4.69) is 43.8 Å². The van der Waals surface area contributed by atoms with Gasteiger partial charge in [0.25, 0.3) is 14.4 Å². The van der Waals surface area contributed by atoms with Crippen molar-refractivity contribution in [3.8, 4) is 6.07 Å². The number of hydrogen-bond acceptors (Lipinski definition) is 6. The van der Waals surface area contributed by atoms with Crippen molar-refractivity contribution in [2.24, 2.45) is 5.73 Å². The molecule has 1 atom stereocenters. The van der Waals surface area contributed by atoms with Crippen LogP contribution in [0.1, 0.15) is 80.5 Å². The lowest BCUT2D eigenvalue weighted by Gasteiger charge is -2.35. The Morgan fingerprint density at radius 2 is 1.62 bits per heavy atom. The van der Waals surface area contributed by atoms with Crippen LogP contribution in [-0.2, 0) is 9.05 Å². The van der Waals surface area contributed by atoms with Crippen LogP contribution < -0.4 is 11.1 Å². The molecule has 1 aromatic rings. The van der Waals surface area contributed by atoms with Crippen molar-refractivity contribution in [2.75, 3.05) is 19.8 Å². The molecule has 178 valence electrons. The first-order valence-electron chi connectivity index (χ1n) is 11.2. The summed E-state index contributed by atoms with van der Waals surface area (Å²) in [6, 6.07) is 9.21. The lowest BCUT2D eigenvalue weighted by Crippen LogP contribution is -2.33. The number of benzene rings is 1. The monoisotopic (exact) mass is 464 g/mol. The number of nitrogens with zero attached hydrogens (tertiary/aromatic N) is 2. The van der Waals surface area contributed by atoms with Gasteiger partial charge in [0.15, 0.2) is 0 Å². The Morgan fingerprint density at radius 1 is 1.03 bits per heavy atom. The highest BCUT2D eigenvalue weighted by Crippen LogP contribution is 2.46. The van der Waals surface area contributed by atoms with E-state index in [1.165, 1.54) is 0 Å². The molecule has 0 aliphatic carbocycles. The maximum Gasteiger partial charge on any atom is 0.259 e. The molecule has 0 aromatic heterocycles. The molecule has 3 N–H and O–H groups in total. The Balaban J connectivity index is 2.33. The van der Waals surface area contributed by atoms with Crippen molar-refractivity contribution in [1.29, 1.82) is 5.26 Å². The van der Waals surface area contributed by atoms with E-state index < -0.39 is 14.4 Å². The fourth-order valence-corrected chi connectivity index (χ4v) is 4.86. The van der Waals surface area contributed by atoms with Crippen LogP contribution in [0, 0.1) is 11.3 Å². The SMILES string of the molecule is CC(C)N(C(C)C)P(OCCC#N)OCCCCCCNC(=O)c1ccccc1C(N)=O. The van der Waals surface area contributed by atoms with Gasteiger partial charge in [-0.3, -0.25) is 9.59 Å². The van der Waals surface area contributed by atoms with Gasteiger partial charge in [0.05, 0.1) is 36.8 Å². The van der Waals surface area contributed by atoms with E-state index in [1.807, 2.05) is 0 Å². The Kier molecular flexibility index (Phi) is 13.7. The van der Waals surface area contributed by atoms with Gasteiger partial charge in [-0.25, -0.2) is 4.67 Å². The van der Waals surface area contributed by atoms with Crippen molar-refractivity contribution >= 4 is 20.3 Å². The van der Waals surface area contributed by atoms with Gasteiger partial charge in [0, 0.05) is 18.6 Å². The zero-order chi connectivity index (χ0) is 23.9. The molecule has 0 bridgehead atoms. The highest BCUT2D eigenvalue weighted by Gasteiger charge is 2.26. The number of nitrogens with one attached hydrogen (secondary N) is 1. The van der Waals surface area contributed by atoms with Crippen LogP contribution in [-0.4, -0.2) is 48.3 Å². The number of amides is 2. The first-order chi connectivity index (χ1) is 15.3. The normalized spacial score (nSPS) is 12.2. The van der Waals surface area contributed by atoms with Crippen LogP contribution >= 0.6 is 8.53 Å². The van der Waals surface area contributed by atoms with Crippen molar-refractivity contribution in [3.05, 3.63) is 35.4 Å². The molecule has 9 heteroatoms. The molecule has 8 nitrogen and oxygen atoms in total. The molecule has 0 saturated heterocycles. The van der Waals surface area contributed by atoms with Gasteiger partial charge in [-0.1, -0.05) is 25.0 Å². The van der Waals surface area contributed by atoms with Crippen LogP contribution in [0.3, 0.4) is 0 Å². The van der Waals surface area contributed by atoms with E-state index in [1.54, 1.807) is 24.3 Å². The molecule has 2 amide bonds. The van der Waals surface area contributed by atoms with Crippen molar-refractivity contribution < 1.29 is 18.6 Å². The first-order valence-corrected chi connectivity index (χ1v) is 12.3. The molecule has 1 unspecified atom stereocenters. The van der Waals surface area contributed by atoms with Gasteiger partial charge in [-0.15, -0.1) is 0 Å². The van der Waals surface area contributed by atoms with Crippen LogP contribution in [0.5, 0.6) is 0 Å². The summed E-state index contributed by atoms with van der Waals surface area (Å²) in [6.45, 7) is 9.95. The zero-order valence-corrected chi connectivity index (χ0v) is 20.6. The lowest BCUT2D eigenvalue weighted by molar-refractivity contribution is 0.0935. The van der Waals surface area contributed by atoms with Gasteiger partial charge in [0.1, 0.15) is 0 Å². The molecular weight excluding hydrogens is 427 g/mol. The number of hydrogen-bond donors (Lipinski definition) is 2. The third kappa shape index (κ3) is 10.1. The summed E-state index contributed by atoms with van der Waals surface area (Å²) >= 11 is 0. The number of carbonyl (C=O) groups excluding carboxylic acids is 2. The Hall–Kier alpha value is -2.04. The Morgan fingerprint density at radius 3 is 2.22 bits per heavy atom. The molecular formula is C23H37N4O4P. The van der Waals surface area contributed by atoms with Gasteiger partial charge in [-0.2, -0.15) is 5.26 Å². The second-order valence-electron chi connectivity index (χ2n) is 7.96. The standard InChI is InChI=1S/C23H37N4O4P/c1-18(2)27(19(3)4)32(31-17-11-14-24)30-16-10-6-5-9-15-26-23(29)21-13-8-7-12-20(21)22(25)28/h7-8,12-13,18-19H,5-6,9-11,15-17H2,1-4H3,(H2,25,28)(H,26,29). The smallest absolute Gasteiger partial charge is 0.259 e. The van der Waals surface area contributed by atoms with E-state index in [0.717, 1.165) is 25.7 Å². The minimum Gasteiger partial charge on any atom is -0.366 e. The molecule has 0 fully saturated rings. The zero-order valence-electron chi connectivity index (χ0n) is 19.7. The number of nitriles is 1. The average molecular weight is 465 g/mol. The molecule has 0 radical (unpaired) electrons. The highest BCUT2D eigenvalue weighted by molar-refractivity contribution is 7.44. The molecule has 32 heavy (non-hydrogen) atoms. The van der Waals surface area contributed by atoms with Crippen LogP contribution in [0.25, 0.3) is 0 Å². The summed E-state index contributed by atoms with van der Waals surface area (Å²) in [5.41, 5.74) is 5.86. The maximum absolute atomic E-state index is 12.3. The van der Waals surface area contributed by atoms with Crippen molar-refractivity contribution in [3.63, 3.8) is 0 Å². The molecule has 0 aliphatic heterocycles. The summed E-state index contributed by atoms with van der Waals surface area (Å²) in [6.07, 6.45) is 4.00. The predicted octanol–water partition coefficient (Wildman–Crippen LogP) is 4.37. The maximum atomic E-state index is 12.3. The van der Waals surface area contributed by atoms with E-state index in [4.69, 9.17) is 20.0 Å². The minimum absolute atomic E-state index is 0.229. The van der Waals surface area contributed by atoms with E-state index in [9.17, 15) is 9.59 Å². The summed E-state index contributed by atoms with van der Waals surface area (Å²) < 4.78 is 14.1. The molecule has 0 saturated carbocycles. The predicted molar refractivity (Wildman–Crippen MR) is 127 cm³/mol. The molecule has 0 aliphatic rings. The number of nitrogens with two attached hydrogens (primary N) is 1. The second-order valence-corrected chi connectivity index (χ2v) is 9.41. The largest absolute Gasteiger partial charge is 0.366 e. The first kappa shape index (κ1) is 28.0. The van der Waals surface area contributed by atoms with Gasteiger partial charge in [-0.05, 0) is 52.7 Å². The Bertz CT molecular complexity index is 744. The number of carbonyl (C=O) groups is 2. The van der Waals surface area contributed by atoms with Crippen molar-refractivity contribution in [1.82, 2.24) is 9.99 Å². The van der Waals surface area contributed by atoms with Crippen LogP contribution in [0.2, 0.25) is 0 Å².